The van der Waals surface area contributed by atoms with Crippen LogP contribution < -0.4 is 9.47 Å². The zero-order valence-corrected chi connectivity index (χ0v) is 20.2. The van der Waals surface area contributed by atoms with Crippen molar-refractivity contribution in [2.24, 2.45) is 5.92 Å². The highest BCUT2D eigenvalue weighted by molar-refractivity contribution is 5.68. The molecule has 4 atom stereocenters. The van der Waals surface area contributed by atoms with Gasteiger partial charge in [-0.25, -0.2) is 4.79 Å². The first kappa shape index (κ1) is 24.6. The van der Waals surface area contributed by atoms with Gasteiger partial charge >= 0.3 is 5.97 Å². The van der Waals surface area contributed by atoms with Crippen molar-refractivity contribution in [1.29, 1.82) is 0 Å². The van der Waals surface area contributed by atoms with Crippen molar-refractivity contribution in [2.45, 2.75) is 44.8 Å². The highest BCUT2D eigenvalue weighted by Crippen LogP contribution is 2.49. The molecule has 1 heterocycles. The Morgan fingerprint density at radius 3 is 2.34 bits per heavy atom. The van der Waals surface area contributed by atoms with Crippen LogP contribution in [0, 0.1) is 5.92 Å². The van der Waals surface area contributed by atoms with Crippen LogP contribution in [0.1, 0.15) is 49.8 Å². The van der Waals surface area contributed by atoms with Gasteiger partial charge in [0.1, 0.15) is 17.2 Å². The summed E-state index contributed by atoms with van der Waals surface area (Å²) in [5, 5.41) is 9.21. The third kappa shape index (κ3) is 5.92. The van der Waals surface area contributed by atoms with E-state index >= 15 is 0 Å². The van der Waals surface area contributed by atoms with Crippen LogP contribution in [0.15, 0.2) is 91.0 Å². The van der Waals surface area contributed by atoms with Gasteiger partial charge in [-0.05, 0) is 55.7 Å². The first-order valence-electron chi connectivity index (χ1n) is 12.0. The standard InChI is InChI=1S/C30H32O5/c1-4-27-25(21-11-7-5-8-12-21)18-24(20(2)3)30(35-27)26-17-23(34-22-13-9-6-10-14-22)15-16-28(26)33-19-29(31)32/h5-17,24-25,27,30H,2,4,18-19H2,1,3H3,(H,31,32)/t24-,25-,27+,30+/m1/s1. The van der Waals surface area contributed by atoms with E-state index in [1.165, 1.54) is 5.56 Å². The minimum Gasteiger partial charge on any atom is -0.482 e. The van der Waals surface area contributed by atoms with Gasteiger partial charge in [0, 0.05) is 17.4 Å². The van der Waals surface area contributed by atoms with Crippen LogP contribution in [-0.4, -0.2) is 23.8 Å². The quantitative estimate of drug-likeness (QED) is 0.335. The minimum atomic E-state index is -1.03. The van der Waals surface area contributed by atoms with Gasteiger partial charge in [0.2, 0.25) is 0 Å². The second-order valence-electron chi connectivity index (χ2n) is 9.01. The number of para-hydroxylation sites is 1. The van der Waals surface area contributed by atoms with Crippen LogP contribution in [0.3, 0.4) is 0 Å². The minimum absolute atomic E-state index is 0.00372. The van der Waals surface area contributed by atoms with Crippen molar-refractivity contribution in [1.82, 2.24) is 0 Å². The number of hydrogen-bond acceptors (Lipinski definition) is 4. The predicted molar refractivity (Wildman–Crippen MR) is 136 cm³/mol. The number of aliphatic carboxylic acids is 1. The first-order valence-corrected chi connectivity index (χ1v) is 12.0. The monoisotopic (exact) mass is 472 g/mol. The number of hydrogen-bond donors (Lipinski definition) is 1. The summed E-state index contributed by atoms with van der Waals surface area (Å²) in [5.41, 5.74) is 3.05. The zero-order chi connectivity index (χ0) is 24.8. The summed E-state index contributed by atoms with van der Waals surface area (Å²) in [6.45, 7) is 8.01. The Morgan fingerprint density at radius 2 is 1.71 bits per heavy atom. The molecule has 1 N–H and O–H groups in total. The maximum atomic E-state index is 11.2. The lowest BCUT2D eigenvalue weighted by Gasteiger charge is -2.43. The van der Waals surface area contributed by atoms with E-state index in [2.05, 4.69) is 37.8 Å². The Labute approximate surface area is 207 Å². The molecular formula is C30H32O5. The van der Waals surface area contributed by atoms with Crippen LogP contribution in [0.4, 0.5) is 0 Å². The van der Waals surface area contributed by atoms with E-state index in [9.17, 15) is 9.90 Å². The van der Waals surface area contributed by atoms with Crippen molar-refractivity contribution in [3.63, 3.8) is 0 Å². The molecule has 0 bridgehead atoms. The topological polar surface area (TPSA) is 65.0 Å². The summed E-state index contributed by atoms with van der Waals surface area (Å²) in [7, 11) is 0. The fourth-order valence-corrected chi connectivity index (χ4v) is 4.82. The fourth-order valence-electron chi connectivity index (χ4n) is 4.82. The third-order valence-electron chi connectivity index (χ3n) is 6.52. The molecule has 35 heavy (non-hydrogen) atoms. The van der Waals surface area contributed by atoms with Crippen LogP contribution in [-0.2, 0) is 9.53 Å². The molecule has 1 aliphatic rings. The SMILES string of the molecule is C=C(C)[C@H]1C[C@H](c2ccccc2)[C@H](CC)O[C@@H]1c1cc(Oc2ccccc2)ccc1OCC(=O)O. The molecule has 1 saturated heterocycles. The molecule has 1 aliphatic heterocycles. The van der Waals surface area contributed by atoms with E-state index in [0.29, 0.717) is 17.2 Å². The predicted octanol–water partition coefficient (Wildman–Crippen LogP) is 7.16. The molecule has 0 aromatic heterocycles. The number of benzene rings is 3. The normalized spacial score (nSPS) is 21.8. The zero-order valence-electron chi connectivity index (χ0n) is 20.2. The van der Waals surface area contributed by atoms with E-state index < -0.39 is 12.6 Å². The Bertz CT molecular complexity index is 1140. The highest BCUT2D eigenvalue weighted by atomic mass is 16.5. The van der Waals surface area contributed by atoms with Gasteiger partial charge in [-0.1, -0.05) is 67.6 Å². The number of carbonyl (C=O) groups is 1. The smallest absolute Gasteiger partial charge is 0.341 e. The molecule has 1 fully saturated rings. The molecule has 3 aromatic rings. The van der Waals surface area contributed by atoms with Crippen molar-refractivity contribution in [3.8, 4) is 17.2 Å². The fraction of sp³-hybridized carbons (Fsp3) is 0.300. The van der Waals surface area contributed by atoms with Gasteiger partial charge in [-0.15, -0.1) is 0 Å². The Kier molecular flexibility index (Phi) is 7.88. The lowest BCUT2D eigenvalue weighted by atomic mass is 9.75. The number of carboxylic acids is 1. The van der Waals surface area contributed by atoms with Crippen molar-refractivity contribution >= 4 is 5.97 Å². The van der Waals surface area contributed by atoms with E-state index in [1.54, 1.807) is 12.1 Å². The highest BCUT2D eigenvalue weighted by Gasteiger charge is 2.40. The largest absolute Gasteiger partial charge is 0.482 e. The first-order chi connectivity index (χ1) is 17.0. The molecule has 0 radical (unpaired) electrons. The third-order valence-corrected chi connectivity index (χ3v) is 6.52. The van der Waals surface area contributed by atoms with Crippen LogP contribution in [0.2, 0.25) is 0 Å². The van der Waals surface area contributed by atoms with E-state index in [0.717, 1.165) is 24.0 Å². The summed E-state index contributed by atoms with van der Waals surface area (Å²) < 4.78 is 18.6. The van der Waals surface area contributed by atoms with E-state index in [1.807, 2.05) is 49.4 Å². The van der Waals surface area contributed by atoms with Gasteiger partial charge in [0.25, 0.3) is 0 Å². The maximum Gasteiger partial charge on any atom is 0.341 e. The van der Waals surface area contributed by atoms with Gasteiger partial charge in [0.15, 0.2) is 6.61 Å². The molecule has 182 valence electrons. The van der Waals surface area contributed by atoms with Gasteiger partial charge < -0.3 is 19.3 Å². The molecule has 4 rings (SSSR count). The molecule has 3 aromatic carbocycles. The molecule has 0 amide bonds. The van der Waals surface area contributed by atoms with E-state index in [-0.39, 0.29) is 24.0 Å². The van der Waals surface area contributed by atoms with Gasteiger partial charge in [0.05, 0.1) is 12.2 Å². The second kappa shape index (κ2) is 11.2. The number of carboxylic acid groups (broad SMARTS) is 1. The molecular weight excluding hydrogens is 440 g/mol. The lowest BCUT2D eigenvalue weighted by molar-refractivity contribution is -0.139. The average Bonchev–Trinajstić information content (AvgIpc) is 2.88. The Hall–Kier alpha value is -3.57. The maximum absolute atomic E-state index is 11.2. The average molecular weight is 473 g/mol. The van der Waals surface area contributed by atoms with Crippen LogP contribution >= 0.6 is 0 Å². The number of rotatable bonds is 9. The summed E-state index contributed by atoms with van der Waals surface area (Å²) in [6.07, 6.45) is 1.40. The van der Waals surface area contributed by atoms with Gasteiger partial charge in [-0.3, -0.25) is 0 Å². The van der Waals surface area contributed by atoms with E-state index in [4.69, 9.17) is 14.2 Å². The van der Waals surface area contributed by atoms with Gasteiger partial charge in [-0.2, -0.15) is 0 Å². The van der Waals surface area contributed by atoms with Crippen molar-refractivity contribution in [2.75, 3.05) is 6.61 Å². The molecule has 0 saturated carbocycles. The molecule has 5 heteroatoms. The summed E-state index contributed by atoms with van der Waals surface area (Å²) >= 11 is 0. The molecule has 5 nitrogen and oxygen atoms in total. The van der Waals surface area contributed by atoms with Crippen molar-refractivity contribution < 1.29 is 24.1 Å². The summed E-state index contributed by atoms with van der Waals surface area (Å²) in [6, 6.07) is 25.5. The molecule has 0 unspecified atom stereocenters. The Balaban J connectivity index is 1.71. The lowest BCUT2D eigenvalue weighted by Crippen LogP contribution is -2.36. The second-order valence-corrected chi connectivity index (χ2v) is 9.01. The number of ether oxygens (including phenoxy) is 3. The molecule has 0 aliphatic carbocycles. The van der Waals surface area contributed by atoms with Crippen LogP contribution in [0.5, 0.6) is 17.2 Å². The molecule has 0 spiro atoms. The Morgan fingerprint density at radius 1 is 1.03 bits per heavy atom. The van der Waals surface area contributed by atoms with Crippen molar-refractivity contribution in [3.05, 3.63) is 102 Å². The summed E-state index contributed by atoms with van der Waals surface area (Å²) in [5.74, 6) is 1.08. The summed E-state index contributed by atoms with van der Waals surface area (Å²) in [4.78, 5) is 11.2. The van der Waals surface area contributed by atoms with Crippen LogP contribution in [0.25, 0.3) is 0 Å².